The molecule has 0 fully saturated rings. The van der Waals surface area contributed by atoms with E-state index in [-0.39, 0.29) is 5.82 Å². The summed E-state index contributed by atoms with van der Waals surface area (Å²) in [6, 6.07) is 4.53. The summed E-state index contributed by atoms with van der Waals surface area (Å²) in [4.78, 5) is 0. The van der Waals surface area contributed by atoms with Gasteiger partial charge in [-0.3, -0.25) is 4.68 Å². The fourth-order valence-electron chi connectivity index (χ4n) is 2.16. The molecule has 19 heavy (non-hydrogen) atoms. The molecule has 5 heteroatoms. The molecular weight excluding hydrogens is 265 g/mol. The number of halogens is 2. The maximum absolute atomic E-state index is 13.7. The van der Waals surface area contributed by atoms with Crippen LogP contribution in [0.3, 0.4) is 0 Å². The highest BCUT2D eigenvalue weighted by molar-refractivity contribution is 6.30. The van der Waals surface area contributed by atoms with Crippen LogP contribution in [-0.2, 0) is 19.4 Å². The van der Waals surface area contributed by atoms with Gasteiger partial charge in [0.25, 0.3) is 0 Å². The van der Waals surface area contributed by atoms with Gasteiger partial charge >= 0.3 is 0 Å². The predicted octanol–water partition coefficient (Wildman–Crippen LogP) is 3.43. The van der Waals surface area contributed by atoms with Crippen molar-refractivity contribution in [2.75, 3.05) is 5.73 Å². The van der Waals surface area contributed by atoms with Gasteiger partial charge in [-0.2, -0.15) is 5.10 Å². The first-order valence-corrected chi connectivity index (χ1v) is 6.72. The van der Waals surface area contributed by atoms with Crippen LogP contribution in [0.5, 0.6) is 0 Å². The van der Waals surface area contributed by atoms with E-state index in [4.69, 9.17) is 17.3 Å². The lowest BCUT2D eigenvalue weighted by atomic mass is 10.2. The largest absolute Gasteiger partial charge is 0.396 e. The number of hydrogen-bond donors (Lipinski definition) is 1. The Kier molecular flexibility index (Phi) is 4.10. The zero-order chi connectivity index (χ0) is 14.0. The SMILES string of the molecule is CCc1nn(Cc2cc(Cl)ccc2F)c(CC)c1N. The van der Waals surface area contributed by atoms with E-state index in [1.807, 2.05) is 13.8 Å². The first-order valence-electron chi connectivity index (χ1n) is 6.34. The van der Waals surface area contributed by atoms with Gasteiger partial charge in [-0.1, -0.05) is 25.4 Å². The molecule has 2 N–H and O–H groups in total. The first kappa shape index (κ1) is 13.9. The van der Waals surface area contributed by atoms with Crippen LogP contribution in [0.25, 0.3) is 0 Å². The fourth-order valence-corrected chi connectivity index (χ4v) is 2.35. The zero-order valence-corrected chi connectivity index (χ0v) is 11.8. The van der Waals surface area contributed by atoms with E-state index >= 15 is 0 Å². The Balaban J connectivity index is 2.40. The average molecular weight is 282 g/mol. The smallest absolute Gasteiger partial charge is 0.128 e. The molecule has 3 nitrogen and oxygen atoms in total. The Morgan fingerprint density at radius 1 is 1.32 bits per heavy atom. The van der Waals surface area contributed by atoms with Crippen LogP contribution in [0.4, 0.5) is 10.1 Å². The van der Waals surface area contributed by atoms with Gasteiger partial charge < -0.3 is 5.73 Å². The van der Waals surface area contributed by atoms with Crippen molar-refractivity contribution < 1.29 is 4.39 Å². The minimum absolute atomic E-state index is 0.279. The van der Waals surface area contributed by atoms with Gasteiger partial charge in [0.2, 0.25) is 0 Å². The van der Waals surface area contributed by atoms with Crippen LogP contribution in [0.2, 0.25) is 5.02 Å². The van der Waals surface area contributed by atoms with E-state index < -0.39 is 0 Å². The molecule has 0 bridgehead atoms. The van der Waals surface area contributed by atoms with Crippen molar-refractivity contribution in [3.63, 3.8) is 0 Å². The molecule has 0 amide bonds. The van der Waals surface area contributed by atoms with E-state index in [2.05, 4.69) is 5.10 Å². The molecule has 1 heterocycles. The van der Waals surface area contributed by atoms with E-state index in [1.165, 1.54) is 12.1 Å². The monoisotopic (exact) mass is 281 g/mol. The molecule has 0 saturated heterocycles. The second-order valence-corrected chi connectivity index (χ2v) is 4.84. The van der Waals surface area contributed by atoms with Crippen molar-refractivity contribution >= 4 is 17.3 Å². The molecule has 1 aromatic carbocycles. The molecule has 2 aromatic rings. The Morgan fingerprint density at radius 2 is 2.05 bits per heavy atom. The molecule has 0 aliphatic heterocycles. The number of nitrogen functional groups attached to an aromatic ring is 1. The predicted molar refractivity (Wildman–Crippen MR) is 75.9 cm³/mol. The molecule has 0 radical (unpaired) electrons. The van der Waals surface area contributed by atoms with Crippen LogP contribution in [-0.4, -0.2) is 9.78 Å². The van der Waals surface area contributed by atoms with Crippen molar-refractivity contribution in [2.24, 2.45) is 0 Å². The number of benzene rings is 1. The summed E-state index contributed by atoms with van der Waals surface area (Å²) >= 11 is 5.90. The summed E-state index contributed by atoms with van der Waals surface area (Å²) in [5.41, 5.74) is 9.08. The third kappa shape index (κ3) is 2.73. The van der Waals surface area contributed by atoms with Crippen LogP contribution in [0.15, 0.2) is 18.2 Å². The Morgan fingerprint density at radius 3 is 2.68 bits per heavy atom. The van der Waals surface area contributed by atoms with Crippen LogP contribution < -0.4 is 5.73 Å². The van der Waals surface area contributed by atoms with Gasteiger partial charge in [-0.05, 0) is 31.0 Å². The number of nitrogens with zero attached hydrogens (tertiary/aromatic N) is 2. The summed E-state index contributed by atoms with van der Waals surface area (Å²) in [7, 11) is 0. The quantitative estimate of drug-likeness (QED) is 0.933. The van der Waals surface area contributed by atoms with Crippen LogP contribution in [0.1, 0.15) is 30.8 Å². The third-order valence-corrected chi connectivity index (χ3v) is 3.41. The minimum atomic E-state index is -0.279. The van der Waals surface area contributed by atoms with Gasteiger partial charge in [-0.15, -0.1) is 0 Å². The highest BCUT2D eigenvalue weighted by Gasteiger charge is 2.14. The number of anilines is 1. The van der Waals surface area contributed by atoms with Gasteiger partial charge in [0.1, 0.15) is 5.82 Å². The highest BCUT2D eigenvalue weighted by atomic mass is 35.5. The van der Waals surface area contributed by atoms with Crippen molar-refractivity contribution in [2.45, 2.75) is 33.2 Å². The molecule has 102 valence electrons. The maximum atomic E-state index is 13.7. The van der Waals surface area contributed by atoms with Gasteiger partial charge in [-0.25, -0.2) is 4.39 Å². The number of aryl methyl sites for hydroxylation is 1. The summed E-state index contributed by atoms with van der Waals surface area (Å²) in [6.07, 6.45) is 1.53. The number of hydrogen-bond acceptors (Lipinski definition) is 2. The molecule has 0 spiro atoms. The Hall–Kier alpha value is -1.55. The number of rotatable bonds is 4. The second-order valence-electron chi connectivity index (χ2n) is 4.41. The summed E-state index contributed by atoms with van der Waals surface area (Å²) in [6.45, 7) is 4.36. The molecule has 0 atom stereocenters. The standard InChI is InChI=1S/C14H17ClFN3/c1-3-12-14(17)13(4-2)19(18-12)8-9-7-10(15)5-6-11(9)16/h5-7H,3-4,8,17H2,1-2H3. The lowest BCUT2D eigenvalue weighted by molar-refractivity contribution is 0.574. The van der Waals surface area contributed by atoms with Crippen molar-refractivity contribution in [1.29, 1.82) is 0 Å². The molecule has 0 aliphatic carbocycles. The minimum Gasteiger partial charge on any atom is -0.396 e. The van der Waals surface area contributed by atoms with E-state index in [1.54, 1.807) is 10.7 Å². The number of aromatic nitrogens is 2. The van der Waals surface area contributed by atoms with Crippen molar-refractivity contribution in [1.82, 2.24) is 9.78 Å². The lowest BCUT2D eigenvalue weighted by Crippen LogP contribution is -2.08. The summed E-state index contributed by atoms with van der Waals surface area (Å²) in [5.74, 6) is -0.279. The Labute approximate surface area is 117 Å². The molecular formula is C14H17ClFN3. The topological polar surface area (TPSA) is 43.8 Å². The molecule has 0 saturated carbocycles. The van der Waals surface area contributed by atoms with Crippen LogP contribution >= 0.6 is 11.6 Å². The summed E-state index contributed by atoms with van der Waals surface area (Å²) < 4.78 is 15.5. The highest BCUT2D eigenvalue weighted by Crippen LogP contribution is 2.21. The van der Waals surface area contributed by atoms with Gasteiger partial charge in [0.05, 0.1) is 23.6 Å². The van der Waals surface area contributed by atoms with Crippen molar-refractivity contribution in [3.05, 3.63) is 46.0 Å². The summed E-state index contributed by atoms with van der Waals surface area (Å²) in [5, 5.41) is 4.97. The zero-order valence-electron chi connectivity index (χ0n) is 11.1. The molecule has 2 rings (SSSR count). The lowest BCUT2D eigenvalue weighted by Gasteiger charge is -2.08. The van der Waals surface area contributed by atoms with Crippen LogP contribution in [0, 0.1) is 5.82 Å². The number of nitrogens with two attached hydrogens (primary N) is 1. The Bertz CT molecular complexity index is 593. The molecule has 1 aromatic heterocycles. The second kappa shape index (κ2) is 5.61. The first-order chi connectivity index (χ1) is 9.06. The van der Waals surface area contributed by atoms with E-state index in [9.17, 15) is 4.39 Å². The fraction of sp³-hybridized carbons (Fsp3) is 0.357. The normalized spacial score (nSPS) is 10.9. The van der Waals surface area contributed by atoms with Gasteiger partial charge in [0.15, 0.2) is 0 Å². The third-order valence-electron chi connectivity index (χ3n) is 3.17. The average Bonchev–Trinajstić information content (AvgIpc) is 2.69. The van der Waals surface area contributed by atoms with E-state index in [0.29, 0.717) is 22.8 Å². The van der Waals surface area contributed by atoms with Crippen molar-refractivity contribution in [3.8, 4) is 0 Å². The van der Waals surface area contributed by atoms with Gasteiger partial charge in [0, 0.05) is 10.6 Å². The molecule has 0 unspecified atom stereocenters. The maximum Gasteiger partial charge on any atom is 0.128 e. The molecule has 0 aliphatic rings. The van der Waals surface area contributed by atoms with E-state index in [0.717, 1.165) is 24.2 Å².